The van der Waals surface area contributed by atoms with Crippen molar-refractivity contribution in [3.63, 3.8) is 0 Å². The Hall–Kier alpha value is -3.45. The van der Waals surface area contributed by atoms with E-state index < -0.39 is 0 Å². The summed E-state index contributed by atoms with van der Waals surface area (Å²) < 4.78 is 0. The third kappa shape index (κ3) is 3.80. The molecule has 3 heterocycles. The zero-order valence-corrected chi connectivity index (χ0v) is 18.8. The van der Waals surface area contributed by atoms with Gasteiger partial charge in [0, 0.05) is 47.9 Å². The van der Waals surface area contributed by atoms with Crippen LogP contribution in [-0.4, -0.2) is 42.4 Å². The number of anilines is 3. The maximum Gasteiger partial charge on any atom is 0.223 e. The van der Waals surface area contributed by atoms with Crippen LogP contribution >= 0.6 is 11.3 Å². The van der Waals surface area contributed by atoms with Crippen LogP contribution < -0.4 is 15.5 Å². The molecule has 0 saturated carbocycles. The maximum atomic E-state index is 11.5. The van der Waals surface area contributed by atoms with E-state index in [-0.39, 0.29) is 0 Å². The number of carbonyl (C=O) groups is 1. The first-order chi connectivity index (χ1) is 15.7. The lowest BCUT2D eigenvalue weighted by Crippen LogP contribution is -2.47. The van der Waals surface area contributed by atoms with Crippen LogP contribution in [0.3, 0.4) is 0 Å². The van der Waals surface area contributed by atoms with Gasteiger partial charge in [0.1, 0.15) is 16.9 Å². The Labute approximate surface area is 191 Å². The molecule has 7 heteroatoms. The summed E-state index contributed by atoms with van der Waals surface area (Å²) in [5.74, 6) is 1.25. The molecular formula is C25H25N5OS. The van der Waals surface area contributed by atoms with Gasteiger partial charge in [-0.25, -0.2) is 4.98 Å². The van der Waals surface area contributed by atoms with Gasteiger partial charge in [-0.15, -0.1) is 11.3 Å². The van der Waals surface area contributed by atoms with Crippen molar-refractivity contribution in [2.75, 3.05) is 41.7 Å². The van der Waals surface area contributed by atoms with Gasteiger partial charge in [-0.1, -0.05) is 49.4 Å². The molecule has 0 spiro atoms. The molecule has 0 atom stereocenters. The molecule has 32 heavy (non-hydrogen) atoms. The summed E-state index contributed by atoms with van der Waals surface area (Å²) in [6.07, 6.45) is 1.89. The minimum absolute atomic E-state index is 0.324. The number of aryl methyl sites for hydroxylation is 1. The van der Waals surface area contributed by atoms with Crippen LogP contribution in [0.4, 0.5) is 17.5 Å². The Morgan fingerprint density at radius 3 is 2.47 bits per heavy atom. The summed E-state index contributed by atoms with van der Waals surface area (Å²) in [6, 6.07) is 18.5. The van der Waals surface area contributed by atoms with Crippen molar-refractivity contribution in [2.45, 2.75) is 13.3 Å². The summed E-state index contributed by atoms with van der Waals surface area (Å²) in [6.45, 7) is 5.46. The highest BCUT2D eigenvalue weighted by Crippen LogP contribution is 2.35. The van der Waals surface area contributed by atoms with Gasteiger partial charge in [-0.3, -0.25) is 4.79 Å². The Balaban J connectivity index is 1.44. The minimum Gasteiger partial charge on any atom is -0.368 e. The maximum absolute atomic E-state index is 11.5. The second-order valence-corrected chi connectivity index (χ2v) is 9.04. The third-order valence-corrected chi connectivity index (χ3v) is 7.13. The molecular weight excluding hydrogens is 418 g/mol. The van der Waals surface area contributed by atoms with E-state index in [9.17, 15) is 4.79 Å². The Kier molecular flexibility index (Phi) is 5.49. The van der Waals surface area contributed by atoms with Gasteiger partial charge < -0.3 is 15.5 Å². The summed E-state index contributed by atoms with van der Waals surface area (Å²) in [5, 5.41) is 1.09. The van der Waals surface area contributed by atoms with Crippen LogP contribution in [0, 0.1) is 0 Å². The molecule has 2 N–H and O–H groups in total. The number of aldehydes is 1. The highest BCUT2D eigenvalue weighted by molar-refractivity contribution is 7.18. The average molecular weight is 444 g/mol. The number of nitrogens with zero attached hydrogens (tertiary/aromatic N) is 4. The number of rotatable bonds is 5. The molecule has 1 aliphatic heterocycles. The van der Waals surface area contributed by atoms with Crippen LogP contribution in [-0.2, 0) is 6.42 Å². The lowest BCUT2D eigenvalue weighted by Gasteiger charge is -2.38. The molecule has 0 aliphatic carbocycles. The first-order valence-corrected chi connectivity index (χ1v) is 11.7. The zero-order chi connectivity index (χ0) is 22.1. The molecule has 2 aromatic heterocycles. The Bertz CT molecular complexity index is 1260. The summed E-state index contributed by atoms with van der Waals surface area (Å²) in [5.41, 5.74) is 10.1. The third-order valence-electron chi connectivity index (χ3n) is 5.95. The van der Waals surface area contributed by atoms with Gasteiger partial charge in [0.05, 0.1) is 5.39 Å². The molecule has 2 aromatic carbocycles. The summed E-state index contributed by atoms with van der Waals surface area (Å²) in [7, 11) is 0. The average Bonchev–Trinajstić information content (AvgIpc) is 3.27. The van der Waals surface area contributed by atoms with Gasteiger partial charge in [0.15, 0.2) is 0 Å². The number of hydrogen-bond acceptors (Lipinski definition) is 7. The summed E-state index contributed by atoms with van der Waals surface area (Å²) >= 11 is 1.69. The standard InChI is InChI=1S/C25H25N5OS/c1-2-19-15-21-23(27-25(26)28-24(21)32-19)30-12-10-29(11-13-30)22-14-17(16-31)8-9-20(22)18-6-4-3-5-7-18/h3-9,14-16H,2,10-13H2,1H3,(H2,26,27,28). The molecule has 0 unspecified atom stereocenters. The van der Waals surface area contributed by atoms with Crippen LogP contribution in [0.5, 0.6) is 0 Å². The van der Waals surface area contributed by atoms with Crippen molar-refractivity contribution in [1.82, 2.24) is 9.97 Å². The predicted molar refractivity (Wildman–Crippen MR) is 133 cm³/mol. The fourth-order valence-corrected chi connectivity index (χ4v) is 5.26. The zero-order valence-electron chi connectivity index (χ0n) is 18.0. The first-order valence-electron chi connectivity index (χ1n) is 10.9. The predicted octanol–water partition coefficient (Wildman–Crippen LogP) is 4.64. The molecule has 6 nitrogen and oxygen atoms in total. The quantitative estimate of drug-likeness (QED) is 0.453. The van der Waals surface area contributed by atoms with Crippen molar-refractivity contribution in [1.29, 1.82) is 0 Å². The van der Waals surface area contributed by atoms with E-state index in [2.05, 4.69) is 44.9 Å². The topological polar surface area (TPSA) is 75.3 Å². The monoisotopic (exact) mass is 443 g/mol. The molecule has 1 aliphatic rings. The highest BCUT2D eigenvalue weighted by atomic mass is 32.1. The highest BCUT2D eigenvalue weighted by Gasteiger charge is 2.23. The van der Waals surface area contributed by atoms with E-state index in [0.717, 1.165) is 71.7 Å². The minimum atomic E-state index is 0.324. The number of aromatic nitrogens is 2. The normalized spacial score (nSPS) is 14.2. The molecule has 162 valence electrons. The van der Waals surface area contributed by atoms with Crippen LogP contribution in [0.15, 0.2) is 54.6 Å². The number of fused-ring (bicyclic) bond motifs is 1. The van der Waals surface area contributed by atoms with Crippen molar-refractivity contribution in [2.24, 2.45) is 0 Å². The van der Waals surface area contributed by atoms with Crippen LogP contribution in [0.1, 0.15) is 22.2 Å². The number of piperazine rings is 1. The number of thiophene rings is 1. The molecule has 0 amide bonds. The molecule has 0 radical (unpaired) electrons. The lowest BCUT2D eigenvalue weighted by atomic mass is 10.0. The Morgan fingerprint density at radius 1 is 1.00 bits per heavy atom. The van der Waals surface area contributed by atoms with Gasteiger partial charge in [-0.05, 0) is 24.1 Å². The molecule has 0 bridgehead atoms. The van der Waals surface area contributed by atoms with Crippen LogP contribution in [0.25, 0.3) is 21.3 Å². The smallest absolute Gasteiger partial charge is 0.223 e. The van der Waals surface area contributed by atoms with E-state index in [1.165, 1.54) is 4.88 Å². The SMILES string of the molecule is CCc1cc2c(N3CCN(c4cc(C=O)ccc4-c4ccccc4)CC3)nc(N)nc2s1. The fourth-order valence-electron chi connectivity index (χ4n) is 4.29. The fraction of sp³-hybridized carbons (Fsp3) is 0.240. The number of hydrogen-bond donors (Lipinski definition) is 1. The second kappa shape index (κ2) is 8.59. The summed E-state index contributed by atoms with van der Waals surface area (Å²) in [4.78, 5) is 27.4. The van der Waals surface area contributed by atoms with Crippen molar-refractivity contribution < 1.29 is 4.79 Å². The molecule has 1 fully saturated rings. The molecule has 1 saturated heterocycles. The van der Waals surface area contributed by atoms with E-state index in [0.29, 0.717) is 11.5 Å². The van der Waals surface area contributed by atoms with Crippen molar-refractivity contribution in [3.8, 4) is 11.1 Å². The van der Waals surface area contributed by atoms with E-state index in [1.807, 2.05) is 36.4 Å². The lowest BCUT2D eigenvalue weighted by molar-refractivity contribution is 0.112. The number of benzene rings is 2. The number of nitrogen functional groups attached to an aromatic ring is 1. The van der Waals surface area contributed by atoms with Gasteiger partial charge >= 0.3 is 0 Å². The van der Waals surface area contributed by atoms with Gasteiger partial charge in [0.25, 0.3) is 0 Å². The van der Waals surface area contributed by atoms with Gasteiger partial charge in [-0.2, -0.15) is 4.98 Å². The number of nitrogens with two attached hydrogens (primary N) is 1. The van der Waals surface area contributed by atoms with E-state index in [1.54, 1.807) is 11.3 Å². The largest absolute Gasteiger partial charge is 0.368 e. The molecule has 5 rings (SSSR count). The first kappa shape index (κ1) is 20.5. The van der Waals surface area contributed by atoms with E-state index >= 15 is 0 Å². The molecule has 4 aromatic rings. The van der Waals surface area contributed by atoms with Crippen molar-refractivity contribution in [3.05, 3.63) is 65.0 Å². The van der Waals surface area contributed by atoms with Crippen molar-refractivity contribution >= 4 is 45.3 Å². The Morgan fingerprint density at radius 2 is 1.75 bits per heavy atom. The van der Waals surface area contributed by atoms with E-state index in [4.69, 9.17) is 5.73 Å². The number of carbonyl (C=O) groups excluding carboxylic acids is 1. The van der Waals surface area contributed by atoms with Crippen LogP contribution in [0.2, 0.25) is 0 Å². The second-order valence-electron chi connectivity index (χ2n) is 7.93. The van der Waals surface area contributed by atoms with Gasteiger partial charge in [0.2, 0.25) is 5.95 Å².